The molecule has 9 heavy (non-hydrogen) atoms. The molecule has 1 nitrogen and oxygen atoms in total. The van der Waals surface area contributed by atoms with Gasteiger partial charge in [-0.3, -0.25) is 0 Å². The van der Waals surface area contributed by atoms with Gasteiger partial charge in [-0.15, -0.1) is 0 Å². The number of hydrogen-bond donors (Lipinski definition) is 1. The molecule has 1 aliphatic rings. The van der Waals surface area contributed by atoms with Crippen LogP contribution in [0.5, 0.6) is 0 Å². The third-order valence-corrected chi connectivity index (χ3v) is 1.99. The molecule has 0 spiro atoms. The maximum absolute atomic E-state index is 9.03. The van der Waals surface area contributed by atoms with Crippen molar-refractivity contribution in [1.82, 2.24) is 0 Å². The first kappa shape index (κ1) is 10.2. The van der Waals surface area contributed by atoms with Crippen LogP contribution in [0, 0.1) is 5.92 Å². The molecule has 0 unspecified atom stereocenters. The van der Waals surface area contributed by atoms with Crippen LogP contribution in [-0.4, -0.2) is 48.9 Å². The average molecular weight is 156 g/mol. The second-order valence-electron chi connectivity index (χ2n) is 2.91. The summed E-state index contributed by atoms with van der Waals surface area (Å²) < 4.78 is 0. The Morgan fingerprint density at radius 2 is 1.56 bits per heavy atom. The molecule has 1 rings (SSSR count). The van der Waals surface area contributed by atoms with Crippen LogP contribution in [0.15, 0.2) is 0 Å². The Labute approximate surface area is 86.8 Å². The maximum atomic E-state index is 9.03. The fourth-order valence-electron chi connectivity index (χ4n) is 1.24. The van der Waals surface area contributed by atoms with E-state index in [9.17, 15) is 0 Å². The number of rotatable bonds is 0. The fourth-order valence-corrected chi connectivity index (χ4v) is 1.24. The monoisotopic (exact) mass is 156 g/mol. The number of hydrogen-bond acceptors (Lipinski definition) is 1. The molecular weight excluding hydrogens is 140 g/mol. The summed E-state index contributed by atoms with van der Waals surface area (Å²) in [6.45, 7) is 2.26. The number of aliphatic hydroxyl groups excluding tert-OH is 1. The van der Waals surface area contributed by atoms with E-state index < -0.39 is 0 Å². The first-order valence-electron chi connectivity index (χ1n) is 3.47. The normalized spacial score (nSPS) is 35.3. The molecule has 2 heteroatoms. The molecule has 0 aromatic rings. The van der Waals surface area contributed by atoms with Crippen LogP contribution in [0.25, 0.3) is 0 Å². The summed E-state index contributed by atoms with van der Waals surface area (Å²) in [6.07, 6.45) is 4.52. The molecule has 0 heterocycles. The molecule has 0 radical (unpaired) electrons. The van der Waals surface area contributed by atoms with E-state index in [2.05, 4.69) is 6.92 Å². The van der Waals surface area contributed by atoms with Gasteiger partial charge in [0.2, 0.25) is 0 Å². The summed E-state index contributed by atoms with van der Waals surface area (Å²) in [5, 5.41) is 9.03. The van der Waals surface area contributed by atoms with Gasteiger partial charge in [0, 0.05) is 0 Å². The van der Waals surface area contributed by atoms with Crippen molar-refractivity contribution in [3.05, 3.63) is 0 Å². The van der Waals surface area contributed by atoms with Crippen molar-refractivity contribution in [1.29, 1.82) is 0 Å². The van der Waals surface area contributed by atoms with Crippen molar-refractivity contribution in [3.63, 3.8) is 0 Å². The third-order valence-electron chi connectivity index (χ3n) is 1.99. The summed E-state index contributed by atoms with van der Waals surface area (Å²) >= 11 is 0. The predicted octanol–water partition coefficient (Wildman–Crippen LogP) is 0.641. The predicted molar refractivity (Wildman–Crippen MR) is 42.2 cm³/mol. The van der Waals surface area contributed by atoms with Crippen molar-refractivity contribution in [2.24, 2.45) is 5.92 Å². The van der Waals surface area contributed by atoms with Gasteiger partial charge in [0.1, 0.15) is 0 Å². The van der Waals surface area contributed by atoms with Gasteiger partial charge in [-0.05, 0) is 31.6 Å². The van der Waals surface area contributed by atoms with E-state index in [1.165, 1.54) is 12.8 Å². The van der Waals surface area contributed by atoms with Crippen molar-refractivity contribution >= 4 is 37.7 Å². The molecule has 0 aromatic carbocycles. The summed E-state index contributed by atoms with van der Waals surface area (Å²) in [7, 11) is 0. The molecule has 1 aliphatic carbocycles. The zero-order valence-corrected chi connectivity index (χ0v) is 5.43. The Morgan fingerprint density at radius 1 is 1.11 bits per heavy atom. The SMILES string of the molecule is CC1CCC(O)CC1.[CaH2]. The molecular formula is C7H16CaO. The molecule has 1 saturated carbocycles. The van der Waals surface area contributed by atoms with Crippen LogP contribution in [0.2, 0.25) is 0 Å². The Bertz CT molecular complexity index is 57.3. The van der Waals surface area contributed by atoms with Gasteiger partial charge in [0.05, 0.1) is 6.10 Å². The first-order chi connectivity index (χ1) is 3.79. The zero-order chi connectivity index (χ0) is 5.98. The van der Waals surface area contributed by atoms with Crippen LogP contribution in [0.1, 0.15) is 32.6 Å². The molecule has 0 bridgehead atoms. The van der Waals surface area contributed by atoms with Crippen LogP contribution >= 0.6 is 0 Å². The molecule has 1 N–H and O–H groups in total. The van der Waals surface area contributed by atoms with Gasteiger partial charge in [0.25, 0.3) is 0 Å². The minimum absolute atomic E-state index is 0. The molecule has 0 atom stereocenters. The van der Waals surface area contributed by atoms with Crippen molar-refractivity contribution in [2.75, 3.05) is 0 Å². The van der Waals surface area contributed by atoms with Gasteiger partial charge in [0.15, 0.2) is 0 Å². The van der Waals surface area contributed by atoms with Crippen molar-refractivity contribution in [2.45, 2.75) is 38.7 Å². The fraction of sp³-hybridized carbons (Fsp3) is 1.00. The Kier molecular flexibility index (Phi) is 5.62. The topological polar surface area (TPSA) is 20.2 Å². The average Bonchev–Trinajstić information content (AvgIpc) is 1.77. The van der Waals surface area contributed by atoms with E-state index >= 15 is 0 Å². The van der Waals surface area contributed by atoms with Crippen LogP contribution < -0.4 is 0 Å². The van der Waals surface area contributed by atoms with Gasteiger partial charge in [-0.25, -0.2) is 0 Å². The molecule has 0 amide bonds. The van der Waals surface area contributed by atoms with Crippen molar-refractivity contribution < 1.29 is 5.11 Å². The van der Waals surface area contributed by atoms with Gasteiger partial charge < -0.3 is 5.11 Å². The third kappa shape index (κ3) is 3.82. The van der Waals surface area contributed by atoms with E-state index in [-0.39, 0.29) is 43.8 Å². The summed E-state index contributed by atoms with van der Waals surface area (Å²) in [5.74, 6) is 0.860. The number of aliphatic hydroxyl groups is 1. The van der Waals surface area contributed by atoms with E-state index in [0.717, 1.165) is 18.8 Å². The molecule has 0 aliphatic heterocycles. The first-order valence-corrected chi connectivity index (χ1v) is 3.47. The van der Waals surface area contributed by atoms with E-state index in [1.807, 2.05) is 0 Å². The molecule has 1 fully saturated rings. The Morgan fingerprint density at radius 3 is 1.89 bits per heavy atom. The van der Waals surface area contributed by atoms with Gasteiger partial charge in [-0.2, -0.15) is 0 Å². The van der Waals surface area contributed by atoms with Crippen LogP contribution in [-0.2, 0) is 0 Å². The van der Waals surface area contributed by atoms with Crippen molar-refractivity contribution in [3.8, 4) is 0 Å². The quantitative estimate of drug-likeness (QED) is 0.510. The summed E-state index contributed by atoms with van der Waals surface area (Å²) in [5.41, 5.74) is 0. The van der Waals surface area contributed by atoms with Gasteiger partial charge in [-0.1, -0.05) is 6.92 Å². The molecule has 0 saturated heterocycles. The van der Waals surface area contributed by atoms with Crippen LogP contribution in [0.3, 0.4) is 0 Å². The second kappa shape index (κ2) is 4.95. The minimum atomic E-state index is 0. The molecule has 52 valence electrons. The Balaban J connectivity index is 0.000000640. The van der Waals surface area contributed by atoms with Crippen LogP contribution in [0.4, 0.5) is 0 Å². The van der Waals surface area contributed by atoms with E-state index in [4.69, 9.17) is 5.11 Å². The standard InChI is InChI=1S/C7H14O.Ca.2H/c1-6-2-4-7(8)5-3-6;;;/h6-8H,2-5H2,1H3;;;. The summed E-state index contributed by atoms with van der Waals surface area (Å²) in [6, 6.07) is 0. The second-order valence-corrected chi connectivity index (χ2v) is 2.91. The van der Waals surface area contributed by atoms with E-state index in [0.29, 0.717) is 0 Å². The molecule has 0 aromatic heterocycles. The van der Waals surface area contributed by atoms with Gasteiger partial charge >= 0.3 is 37.7 Å². The summed E-state index contributed by atoms with van der Waals surface area (Å²) in [4.78, 5) is 0. The zero-order valence-electron chi connectivity index (χ0n) is 5.43. The Hall–Kier alpha value is 1.22. The van der Waals surface area contributed by atoms with E-state index in [1.54, 1.807) is 0 Å².